The van der Waals surface area contributed by atoms with Crippen LogP contribution in [0.2, 0.25) is 0 Å². The molecule has 1 aromatic heterocycles. The summed E-state index contributed by atoms with van der Waals surface area (Å²) < 4.78 is 13.2. The molecule has 4 rings (SSSR count). The van der Waals surface area contributed by atoms with Crippen molar-refractivity contribution in [3.8, 4) is 5.75 Å². The Balaban J connectivity index is 1.92. The van der Waals surface area contributed by atoms with Gasteiger partial charge in [-0.3, -0.25) is 9.36 Å². The number of carbonyl (C=O) groups excluding carboxylic acids is 1. The lowest BCUT2D eigenvalue weighted by molar-refractivity contribution is -0.139. The Morgan fingerprint density at radius 2 is 1.91 bits per heavy atom. The van der Waals surface area contributed by atoms with Crippen LogP contribution in [-0.4, -0.2) is 23.8 Å². The number of hydrogen-bond donors (Lipinski definition) is 0. The molecular weight excluding hydrogens is 448 g/mol. The number of fused-ring (bicyclic) bond motifs is 1. The summed E-state index contributed by atoms with van der Waals surface area (Å²) in [6.07, 6.45) is 3.48. The second-order valence-electron chi connectivity index (χ2n) is 7.85. The quantitative estimate of drug-likeness (QED) is 0.387. The highest BCUT2D eigenvalue weighted by atomic mass is 32.1. The van der Waals surface area contributed by atoms with Crippen LogP contribution in [0.25, 0.3) is 6.08 Å². The van der Waals surface area contributed by atoms with Gasteiger partial charge in [0.25, 0.3) is 5.56 Å². The first-order valence-corrected chi connectivity index (χ1v) is 11.8. The monoisotopic (exact) mass is 474 g/mol. The van der Waals surface area contributed by atoms with Crippen LogP contribution < -0.4 is 19.6 Å². The predicted octanol–water partition coefficient (Wildman–Crippen LogP) is 3.67. The van der Waals surface area contributed by atoms with E-state index < -0.39 is 12.0 Å². The molecule has 174 valence electrons. The summed E-state index contributed by atoms with van der Waals surface area (Å²) in [6, 6.07) is 14.7. The number of nitrogens with zero attached hydrogens (tertiary/aromatic N) is 2. The molecule has 0 fully saturated rings. The van der Waals surface area contributed by atoms with Crippen LogP contribution in [0.4, 0.5) is 0 Å². The first kappa shape index (κ1) is 23.4. The number of carbonyl (C=O) groups is 1. The van der Waals surface area contributed by atoms with Crippen molar-refractivity contribution < 1.29 is 14.3 Å². The molecule has 34 heavy (non-hydrogen) atoms. The molecule has 7 heteroatoms. The van der Waals surface area contributed by atoms with Crippen LogP contribution in [-0.2, 0) is 9.53 Å². The molecule has 2 aromatic carbocycles. The van der Waals surface area contributed by atoms with Gasteiger partial charge in [-0.25, -0.2) is 9.79 Å². The van der Waals surface area contributed by atoms with Gasteiger partial charge < -0.3 is 9.47 Å². The lowest BCUT2D eigenvalue weighted by atomic mass is 9.95. The molecule has 6 nitrogen and oxygen atoms in total. The van der Waals surface area contributed by atoms with Gasteiger partial charge in [-0.15, -0.1) is 0 Å². The van der Waals surface area contributed by atoms with Crippen molar-refractivity contribution in [2.75, 3.05) is 13.2 Å². The van der Waals surface area contributed by atoms with Crippen LogP contribution in [0, 0.1) is 6.92 Å². The molecular formula is C27H26N2O4S. The number of hydrogen-bond acceptors (Lipinski definition) is 6. The summed E-state index contributed by atoms with van der Waals surface area (Å²) in [6.45, 7) is 9.83. The Morgan fingerprint density at radius 3 is 2.62 bits per heavy atom. The van der Waals surface area contributed by atoms with E-state index in [4.69, 9.17) is 9.47 Å². The lowest BCUT2D eigenvalue weighted by Gasteiger charge is -2.24. The van der Waals surface area contributed by atoms with Gasteiger partial charge in [0.1, 0.15) is 12.4 Å². The minimum Gasteiger partial charge on any atom is -0.489 e. The minimum atomic E-state index is -0.620. The number of thiazole rings is 1. The summed E-state index contributed by atoms with van der Waals surface area (Å²) >= 11 is 1.29. The Labute approximate surface area is 201 Å². The predicted molar refractivity (Wildman–Crippen MR) is 134 cm³/mol. The standard InChI is InChI=1S/C27H26N2O4S/c1-5-15-33-21-10-8-7-9-20(21)16-22-25(30)29-24(19-13-11-17(3)12-14-19)23(26(31)32-6-2)18(4)28-27(29)34-22/h5,7-14,16,24H,1,6,15H2,2-4H3/b22-16+/t24-/m0/s1. The Hall–Kier alpha value is -3.71. The Bertz CT molecular complexity index is 1440. The van der Waals surface area contributed by atoms with Gasteiger partial charge in [-0.1, -0.05) is 72.0 Å². The average molecular weight is 475 g/mol. The topological polar surface area (TPSA) is 69.9 Å². The average Bonchev–Trinajstić information content (AvgIpc) is 3.12. The van der Waals surface area contributed by atoms with E-state index in [0.717, 1.165) is 16.7 Å². The first-order chi connectivity index (χ1) is 16.4. The molecule has 0 saturated heterocycles. The fourth-order valence-electron chi connectivity index (χ4n) is 3.88. The van der Waals surface area contributed by atoms with Gasteiger partial charge in [-0.2, -0.15) is 0 Å². The van der Waals surface area contributed by atoms with E-state index in [0.29, 0.717) is 33.0 Å². The van der Waals surface area contributed by atoms with Crippen LogP contribution in [0.3, 0.4) is 0 Å². The molecule has 0 spiro atoms. The number of esters is 1. The van der Waals surface area contributed by atoms with Gasteiger partial charge in [0.05, 0.1) is 28.5 Å². The summed E-state index contributed by atoms with van der Waals surface area (Å²) in [7, 11) is 0. The molecule has 2 heterocycles. The largest absolute Gasteiger partial charge is 0.489 e. The van der Waals surface area contributed by atoms with Crippen LogP contribution >= 0.6 is 11.3 Å². The molecule has 0 radical (unpaired) electrons. The number of rotatable bonds is 7. The second kappa shape index (κ2) is 10.1. The van der Waals surface area contributed by atoms with Gasteiger partial charge >= 0.3 is 5.97 Å². The normalized spacial score (nSPS) is 15.5. The van der Waals surface area contributed by atoms with Crippen molar-refractivity contribution in [3.63, 3.8) is 0 Å². The third kappa shape index (κ3) is 4.52. The van der Waals surface area contributed by atoms with E-state index in [1.165, 1.54) is 11.3 Å². The van der Waals surface area contributed by atoms with Crippen molar-refractivity contribution in [1.82, 2.24) is 4.57 Å². The summed E-state index contributed by atoms with van der Waals surface area (Å²) in [4.78, 5) is 31.8. The van der Waals surface area contributed by atoms with Gasteiger partial charge in [0.15, 0.2) is 4.80 Å². The lowest BCUT2D eigenvalue weighted by Crippen LogP contribution is -2.39. The maximum atomic E-state index is 13.7. The number of allylic oxidation sites excluding steroid dienone is 1. The highest BCUT2D eigenvalue weighted by Crippen LogP contribution is 2.30. The van der Waals surface area contributed by atoms with E-state index in [9.17, 15) is 9.59 Å². The first-order valence-electron chi connectivity index (χ1n) is 11.0. The van der Waals surface area contributed by atoms with E-state index in [1.54, 1.807) is 30.6 Å². The Kier molecular flexibility index (Phi) is 6.93. The van der Waals surface area contributed by atoms with Gasteiger partial charge in [0.2, 0.25) is 0 Å². The maximum Gasteiger partial charge on any atom is 0.338 e. The van der Waals surface area contributed by atoms with Crippen molar-refractivity contribution in [3.05, 3.63) is 109 Å². The summed E-state index contributed by atoms with van der Waals surface area (Å²) in [5.74, 6) is 0.193. The van der Waals surface area contributed by atoms with Crippen LogP contribution in [0.5, 0.6) is 5.75 Å². The summed E-state index contributed by atoms with van der Waals surface area (Å²) in [5.41, 5.74) is 3.40. The van der Waals surface area contributed by atoms with Crippen LogP contribution in [0.1, 0.15) is 36.6 Å². The van der Waals surface area contributed by atoms with Gasteiger partial charge in [-0.05, 0) is 38.5 Å². The number of aromatic nitrogens is 1. The smallest absolute Gasteiger partial charge is 0.338 e. The molecule has 0 unspecified atom stereocenters. The highest BCUT2D eigenvalue weighted by molar-refractivity contribution is 7.07. The van der Waals surface area contributed by atoms with E-state index in [2.05, 4.69) is 11.6 Å². The fourth-order valence-corrected chi connectivity index (χ4v) is 4.91. The third-order valence-corrected chi connectivity index (χ3v) is 6.46. The molecule has 0 bridgehead atoms. The van der Waals surface area contributed by atoms with E-state index in [-0.39, 0.29) is 12.2 Å². The van der Waals surface area contributed by atoms with Gasteiger partial charge in [0, 0.05) is 5.56 Å². The zero-order valence-electron chi connectivity index (χ0n) is 19.4. The molecule has 1 atom stereocenters. The molecule has 0 N–H and O–H groups in total. The molecule has 1 aliphatic heterocycles. The maximum absolute atomic E-state index is 13.7. The fraction of sp³-hybridized carbons (Fsp3) is 0.222. The molecule has 1 aliphatic rings. The highest BCUT2D eigenvalue weighted by Gasteiger charge is 2.33. The van der Waals surface area contributed by atoms with Crippen molar-refractivity contribution in [2.45, 2.75) is 26.8 Å². The van der Waals surface area contributed by atoms with Crippen LogP contribution in [0.15, 0.2) is 82.2 Å². The SMILES string of the molecule is C=CCOc1ccccc1/C=c1/sc2n(c1=O)[C@@H](c1ccc(C)cc1)C(C(=O)OCC)=C(C)N=2. The molecule has 3 aromatic rings. The summed E-state index contributed by atoms with van der Waals surface area (Å²) in [5, 5.41) is 0. The molecule has 0 saturated carbocycles. The zero-order valence-corrected chi connectivity index (χ0v) is 20.2. The number of aryl methyl sites for hydroxylation is 1. The molecule has 0 aliphatic carbocycles. The Morgan fingerprint density at radius 1 is 1.18 bits per heavy atom. The zero-order chi connectivity index (χ0) is 24.2. The number of benzene rings is 2. The minimum absolute atomic E-state index is 0.220. The molecule has 0 amide bonds. The number of para-hydroxylation sites is 1. The van der Waals surface area contributed by atoms with Crippen molar-refractivity contribution in [1.29, 1.82) is 0 Å². The third-order valence-electron chi connectivity index (χ3n) is 5.47. The van der Waals surface area contributed by atoms with Crippen molar-refractivity contribution in [2.24, 2.45) is 4.99 Å². The second-order valence-corrected chi connectivity index (χ2v) is 8.86. The van der Waals surface area contributed by atoms with E-state index in [1.807, 2.05) is 55.5 Å². The van der Waals surface area contributed by atoms with E-state index >= 15 is 0 Å². The number of ether oxygens (including phenoxy) is 2. The van der Waals surface area contributed by atoms with Crippen molar-refractivity contribution >= 4 is 23.4 Å².